The molecule has 1 heterocycles. The van der Waals surface area contributed by atoms with E-state index < -0.39 is 0 Å². The van der Waals surface area contributed by atoms with E-state index in [0.29, 0.717) is 6.04 Å². The van der Waals surface area contributed by atoms with Crippen molar-refractivity contribution in [1.29, 1.82) is 0 Å². The van der Waals surface area contributed by atoms with Gasteiger partial charge in [0.15, 0.2) is 11.5 Å². The van der Waals surface area contributed by atoms with Crippen molar-refractivity contribution in [3.05, 3.63) is 58.7 Å². The van der Waals surface area contributed by atoms with Crippen LogP contribution >= 0.6 is 12.4 Å². The summed E-state index contributed by atoms with van der Waals surface area (Å²) in [5, 5.41) is 23.2. The van der Waals surface area contributed by atoms with Crippen LogP contribution in [-0.4, -0.2) is 21.7 Å². The lowest BCUT2D eigenvalue weighted by molar-refractivity contribution is 0.380. The molecule has 0 fully saturated rings. The van der Waals surface area contributed by atoms with Crippen LogP contribution in [0.25, 0.3) is 0 Å². The smallest absolute Gasteiger partial charge is 0.157 e. The third-order valence-corrected chi connectivity index (χ3v) is 4.64. The SMILES string of the molecule is Cl.O.Oc1cc2c(cc1O)[C@H]1c3ccccc3CN[C@@H]1CC2. The lowest BCUT2D eigenvalue weighted by atomic mass is 9.72. The number of rotatable bonds is 0. The molecule has 0 saturated heterocycles. The van der Waals surface area contributed by atoms with Crippen molar-refractivity contribution in [3.63, 3.8) is 0 Å². The van der Waals surface area contributed by atoms with Gasteiger partial charge in [-0.2, -0.15) is 0 Å². The van der Waals surface area contributed by atoms with Gasteiger partial charge in [0, 0.05) is 18.5 Å². The molecule has 0 unspecified atom stereocenters. The van der Waals surface area contributed by atoms with Crippen molar-refractivity contribution in [1.82, 2.24) is 5.32 Å². The minimum atomic E-state index is -0.0209. The Morgan fingerprint density at radius 1 is 0.955 bits per heavy atom. The van der Waals surface area contributed by atoms with Crippen LogP contribution in [0, 0.1) is 0 Å². The molecule has 0 radical (unpaired) electrons. The standard InChI is InChI=1S/C17H17NO2.ClH.H2O/c19-15-7-10-5-6-14-17(13(10)8-16(15)20)12-4-2-1-3-11(12)9-18-14;;/h1-4,7-8,14,17-20H,5-6,9H2;1H;1H2/t14-,17-;;/m1../s1. The number of aryl methyl sites for hydroxylation is 1. The van der Waals surface area contributed by atoms with Crippen molar-refractivity contribution in [2.75, 3.05) is 0 Å². The Bertz CT molecular complexity index is 690. The summed E-state index contributed by atoms with van der Waals surface area (Å²) in [5.74, 6) is 0.238. The third kappa shape index (κ3) is 2.43. The van der Waals surface area contributed by atoms with Crippen LogP contribution in [-0.2, 0) is 13.0 Å². The third-order valence-electron chi connectivity index (χ3n) is 4.64. The number of phenolic OH excluding ortho intramolecular Hbond substituents is 2. The summed E-state index contributed by atoms with van der Waals surface area (Å²) < 4.78 is 0. The van der Waals surface area contributed by atoms with Gasteiger partial charge in [0.05, 0.1) is 0 Å². The minimum absolute atomic E-state index is 0. The van der Waals surface area contributed by atoms with Gasteiger partial charge in [-0.15, -0.1) is 12.4 Å². The van der Waals surface area contributed by atoms with E-state index in [-0.39, 0.29) is 35.3 Å². The largest absolute Gasteiger partial charge is 0.504 e. The molecule has 4 rings (SSSR count). The van der Waals surface area contributed by atoms with Gasteiger partial charge in [0.2, 0.25) is 0 Å². The molecule has 4 nitrogen and oxygen atoms in total. The molecule has 0 spiro atoms. The number of nitrogens with one attached hydrogen (secondary N) is 1. The Labute approximate surface area is 135 Å². The first-order valence-electron chi connectivity index (χ1n) is 7.10. The number of aromatic hydroxyl groups is 2. The average Bonchev–Trinajstić information content (AvgIpc) is 2.48. The molecule has 5 heteroatoms. The Hall–Kier alpha value is -1.75. The fraction of sp³-hybridized carbons (Fsp3) is 0.294. The second-order valence-electron chi connectivity index (χ2n) is 5.74. The van der Waals surface area contributed by atoms with Crippen molar-refractivity contribution >= 4 is 12.4 Å². The molecule has 0 aromatic heterocycles. The molecule has 0 amide bonds. The van der Waals surface area contributed by atoms with Gasteiger partial charge in [-0.3, -0.25) is 0 Å². The Morgan fingerprint density at radius 2 is 1.68 bits per heavy atom. The Kier molecular flexibility index (Phi) is 4.66. The quantitative estimate of drug-likeness (QED) is 0.651. The first kappa shape index (κ1) is 16.6. The van der Waals surface area contributed by atoms with E-state index in [2.05, 4.69) is 29.6 Å². The molecule has 22 heavy (non-hydrogen) atoms. The summed E-state index contributed by atoms with van der Waals surface area (Å²) in [5.41, 5.74) is 4.98. The van der Waals surface area contributed by atoms with Gasteiger partial charge in [-0.25, -0.2) is 0 Å². The van der Waals surface area contributed by atoms with Crippen molar-refractivity contribution in [3.8, 4) is 11.5 Å². The lowest BCUT2D eigenvalue weighted by Gasteiger charge is -2.39. The number of halogens is 1. The van der Waals surface area contributed by atoms with E-state index in [9.17, 15) is 10.2 Å². The van der Waals surface area contributed by atoms with Gasteiger partial charge in [0.1, 0.15) is 0 Å². The van der Waals surface area contributed by atoms with E-state index in [1.54, 1.807) is 12.1 Å². The maximum Gasteiger partial charge on any atom is 0.157 e. The van der Waals surface area contributed by atoms with Crippen LogP contribution in [0.5, 0.6) is 11.5 Å². The Balaban J connectivity index is 0.000000882. The zero-order valence-electron chi connectivity index (χ0n) is 12.0. The number of benzene rings is 2. The fourth-order valence-corrected chi connectivity index (χ4v) is 3.68. The van der Waals surface area contributed by atoms with Gasteiger partial charge < -0.3 is 21.0 Å². The second kappa shape index (κ2) is 6.16. The molecular weight excluding hydrogens is 302 g/mol. The average molecular weight is 322 g/mol. The normalized spacial score (nSPS) is 21.5. The molecule has 2 atom stereocenters. The second-order valence-corrected chi connectivity index (χ2v) is 5.74. The lowest BCUT2D eigenvalue weighted by Crippen LogP contribution is -2.42. The summed E-state index contributed by atoms with van der Waals surface area (Å²) in [7, 11) is 0. The molecule has 5 N–H and O–H groups in total. The molecule has 2 aromatic rings. The van der Waals surface area contributed by atoms with Gasteiger partial charge in [-0.1, -0.05) is 24.3 Å². The molecule has 1 aliphatic carbocycles. The monoisotopic (exact) mass is 321 g/mol. The van der Waals surface area contributed by atoms with E-state index in [4.69, 9.17) is 0 Å². The predicted octanol–water partition coefficient (Wildman–Crippen LogP) is 2.24. The van der Waals surface area contributed by atoms with Crippen LogP contribution in [0.1, 0.15) is 34.6 Å². The highest BCUT2D eigenvalue weighted by Gasteiger charge is 2.35. The first-order valence-corrected chi connectivity index (χ1v) is 7.10. The molecular formula is C17H20ClNO3. The van der Waals surface area contributed by atoms with Crippen molar-refractivity contribution in [2.24, 2.45) is 0 Å². The molecule has 0 bridgehead atoms. The topological polar surface area (TPSA) is 84.0 Å². The number of phenols is 2. The van der Waals surface area contributed by atoms with Gasteiger partial charge in [0.25, 0.3) is 0 Å². The molecule has 0 saturated carbocycles. The number of hydrogen-bond donors (Lipinski definition) is 3. The molecule has 1 aliphatic heterocycles. The van der Waals surface area contributed by atoms with Crippen molar-refractivity contribution in [2.45, 2.75) is 31.3 Å². The highest BCUT2D eigenvalue weighted by molar-refractivity contribution is 5.85. The summed E-state index contributed by atoms with van der Waals surface area (Å²) >= 11 is 0. The number of hydrogen-bond acceptors (Lipinski definition) is 3. The predicted molar refractivity (Wildman–Crippen MR) is 87.9 cm³/mol. The summed E-state index contributed by atoms with van der Waals surface area (Å²) in [4.78, 5) is 0. The van der Waals surface area contributed by atoms with Gasteiger partial charge in [-0.05, 0) is 47.2 Å². The van der Waals surface area contributed by atoms with E-state index in [1.165, 1.54) is 11.1 Å². The van der Waals surface area contributed by atoms with Crippen LogP contribution < -0.4 is 5.32 Å². The van der Waals surface area contributed by atoms with Crippen LogP contribution in [0.2, 0.25) is 0 Å². The zero-order valence-corrected chi connectivity index (χ0v) is 12.9. The van der Waals surface area contributed by atoms with Gasteiger partial charge >= 0.3 is 0 Å². The number of fused-ring (bicyclic) bond motifs is 5. The molecule has 2 aliphatic rings. The summed E-state index contributed by atoms with van der Waals surface area (Å²) in [6, 6.07) is 12.4. The van der Waals surface area contributed by atoms with Crippen LogP contribution in [0.3, 0.4) is 0 Å². The Morgan fingerprint density at radius 3 is 2.50 bits per heavy atom. The molecule has 2 aromatic carbocycles. The van der Waals surface area contributed by atoms with E-state index in [1.807, 2.05) is 0 Å². The highest BCUT2D eigenvalue weighted by Crippen LogP contribution is 2.43. The van der Waals surface area contributed by atoms with Crippen LogP contribution in [0.15, 0.2) is 36.4 Å². The highest BCUT2D eigenvalue weighted by atomic mass is 35.5. The van der Waals surface area contributed by atoms with Crippen LogP contribution in [0.4, 0.5) is 0 Å². The van der Waals surface area contributed by atoms with E-state index >= 15 is 0 Å². The maximum absolute atomic E-state index is 9.84. The molecule has 118 valence electrons. The minimum Gasteiger partial charge on any atom is -0.504 e. The first-order chi connectivity index (χ1) is 9.74. The summed E-state index contributed by atoms with van der Waals surface area (Å²) in [6.07, 6.45) is 2.01. The summed E-state index contributed by atoms with van der Waals surface area (Å²) in [6.45, 7) is 0.913. The maximum atomic E-state index is 9.84. The fourth-order valence-electron chi connectivity index (χ4n) is 3.68. The zero-order chi connectivity index (χ0) is 13.7. The van der Waals surface area contributed by atoms with E-state index in [0.717, 1.165) is 30.5 Å². The van der Waals surface area contributed by atoms with Crippen molar-refractivity contribution < 1.29 is 15.7 Å².